The zero-order chi connectivity index (χ0) is 12.8. The molecule has 0 spiro atoms. The Morgan fingerprint density at radius 3 is 2.94 bits per heavy atom. The van der Waals surface area contributed by atoms with E-state index in [0.717, 1.165) is 26.2 Å². The smallest absolute Gasteiger partial charge is 0.0587 e. The van der Waals surface area contributed by atoms with E-state index in [0.29, 0.717) is 0 Å². The first-order valence-electron chi connectivity index (χ1n) is 6.62. The molecule has 1 heterocycles. The molecular weight excluding hydrogens is 224 g/mol. The highest BCUT2D eigenvalue weighted by molar-refractivity contribution is 5.80. The Bertz CT molecular complexity index is 490. The fourth-order valence-corrected chi connectivity index (χ4v) is 2.20. The lowest BCUT2D eigenvalue weighted by molar-refractivity contribution is 0.199. The molecule has 0 aliphatic rings. The Balaban J connectivity index is 2.04. The number of aryl methyl sites for hydroxylation is 1. The lowest BCUT2D eigenvalue weighted by Crippen LogP contribution is -2.18. The van der Waals surface area contributed by atoms with Gasteiger partial charge in [-0.25, -0.2) is 0 Å². The van der Waals surface area contributed by atoms with Gasteiger partial charge in [-0.2, -0.15) is 0 Å². The lowest BCUT2D eigenvalue weighted by atomic mass is 10.1. The molecule has 0 aliphatic carbocycles. The minimum atomic E-state index is 0.759. The second-order valence-electron chi connectivity index (χ2n) is 4.57. The second-order valence-corrected chi connectivity index (χ2v) is 4.57. The Hall–Kier alpha value is -1.32. The zero-order valence-electron chi connectivity index (χ0n) is 11.3. The third-order valence-electron chi connectivity index (χ3n) is 3.11. The molecule has 1 N–H and O–H groups in total. The molecule has 2 aromatic rings. The first kappa shape index (κ1) is 13.1. The van der Waals surface area contributed by atoms with Crippen LogP contribution in [0.1, 0.15) is 18.9 Å². The molecule has 0 bridgehead atoms. The van der Waals surface area contributed by atoms with Gasteiger partial charge in [0, 0.05) is 38.5 Å². The number of nitrogens with zero attached hydrogens (tertiary/aromatic N) is 1. The van der Waals surface area contributed by atoms with Crippen molar-refractivity contribution in [3.05, 3.63) is 36.0 Å². The summed E-state index contributed by atoms with van der Waals surface area (Å²) in [6.45, 7) is 5.85. The van der Waals surface area contributed by atoms with E-state index in [1.54, 1.807) is 7.11 Å². The van der Waals surface area contributed by atoms with Crippen LogP contribution in [0.15, 0.2) is 30.5 Å². The lowest BCUT2D eigenvalue weighted by Gasteiger charge is -2.06. The highest BCUT2D eigenvalue weighted by atomic mass is 16.5. The van der Waals surface area contributed by atoms with Crippen molar-refractivity contribution < 1.29 is 4.74 Å². The fourth-order valence-electron chi connectivity index (χ4n) is 2.20. The summed E-state index contributed by atoms with van der Waals surface area (Å²) >= 11 is 0. The van der Waals surface area contributed by atoms with E-state index in [9.17, 15) is 0 Å². The molecule has 0 aliphatic heterocycles. The molecule has 1 aromatic carbocycles. The summed E-state index contributed by atoms with van der Waals surface area (Å²) in [6, 6.07) is 8.89. The van der Waals surface area contributed by atoms with Gasteiger partial charge < -0.3 is 14.6 Å². The standard InChI is InChI=1S/C15H22N2O/c1-3-8-17-9-6-14-11-13(4-5-15(14)17)12-16-7-10-18-2/h4-6,9,11,16H,3,7-8,10,12H2,1-2H3. The van der Waals surface area contributed by atoms with Crippen molar-refractivity contribution in [3.63, 3.8) is 0 Å². The number of nitrogens with one attached hydrogen (secondary N) is 1. The monoisotopic (exact) mass is 246 g/mol. The fraction of sp³-hybridized carbons (Fsp3) is 0.467. The van der Waals surface area contributed by atoms with Crippen LogP contribution >= 0.6 is 0 Å². The molecule has 0 fully saturated rings. The van der Waals surface area contributed by atoms with Gasteiger partial charge in [0.1, 0.15) is 0 Å². The van der Waals surface area contributed by atoms with Crippen LogP contribution in [0, 0.1) is 0 Å². The Labute approximate surface area is 109 Å². The maximum absolute atomic E-state index is 5.01. The van der Waals surface area contributed by atoms with Gasteiger partial charge in [0.05, 0.1) is 6.61 Å². The van der Waals surface area contributed by atoms with Crippen molar-refractivity contribution in [2.45, 2.75) is 26.4 Å². The van der Waals surface area contributed by atoms with Crippen molar-refractivity contribution in [1.29, 1.82) is 0 Å². The summed E-state index contributed by atoms with van der Waals surface area (Å²) in [4.78, 5) is 0. The third kappa shape index (κ3) is 3.12. The van der Waals surface area contributed by atoms with E-state index in [-0.39, 0.29) is 0 Å². The minimum absolute atomic E-state index is 0.759. The van der Waals surface area contributed by atoms with Gasteiger partial charge in [-0.15, -0.1) is 0 Å². The van der Waals surface area contributed by atoms with Crippen LogP contribution in [-0.2, 0) is 17.8 Å². The van der Waals surface area contributed by atoms with Gasteiger partial charge in [0.15, 0.2) is 0 Å². The van der Waals surface area contributed by atoms with E-state index >= 15 is 0 Å². The maximum atomic E-state index is 5.01. The normalized spacial score (nSPS) is 11.2. The highest BCUT2D eigenvalue weighted by Crippen LogP contribution is 2.18. The number of hydrogen-bond donors (Lipinski definition) is 1. The van der Waals surface area contributed by atoms with Crippen LogP contribution in [0.5, 0.6) is 0 Å². The third-order valence-corrected chi connectivity index (χ3v) is 3.11. The summed E-state index contributed by atoms with van der Waals surface area (Å²) in [5.41, 5.74) is 2.66. The number of rotatable bonds is 7. The molecule has 3 heteroatoms. The van der Waals surface area contributed by atoms with Crippen molar-refractivity contribution in [1.82, 2.24) is 9.88 Å². The second kappa shape index (κ2) is 6.57. The zero-order valence-corrected chi connectivity index (χ0v) is 11.3. The maximum Gasteiger partial charge on any atom is 0.0587 e. The van der Waals surface area contributed by atoms with Gasteiger partial charge in [-0.3, -0.25) is 0 Å². The van der Waals surface area contributed by atoms with Crippen LogP contribution in [0.4, 0.5) is 0 Å². The molecule has 0 saturated carbocycles. The molecule has 98 valence electrons. The van der Waals surface area contributed by atoms with Crippen LogP contribution in [0.2, 0.25) is 0 Å². The predicted molar refractivity (Wildman–Crippen MR) is 75.8 cm³/mol. The molecule has 0 radical (unpaired) electrons. The number of aromatic nitrogens is 1. The predicted octanol–water partition coefficient (Wildman–Crippen LogP) is 2.79. The number of ether oxygens (including phenoxy) is 1. The molecular formula is C15H22N2O. The average molecular weight is 246 g/mol. The molecule has 0 unspecified atom stereocenters. The number of fused-ring (bicyclic) bond motifs is 1. The van der Waals surface area contributed by atoms with Crippen LogP contribution < -0.4 is 5.32 Å². The van der Waals surface area contributed by atoms with Crippen molar-refractivity contribution in [2.75, 3.05) is 20.3 Å². The molecule has 0 amide bonds. The molecule has 0 atom stereocenters. The van der Waals surface area contributed by atoms with Gasteiger partial charge >= 0.3 is 0 Å². The molecule has 0 saturated heterocycles. The van der Waals surface area contributed by atoms with Crippen molar-refractivity contribution in [2.24, 2.45) is 0 Å². The number of methoxy groups -OCH3 is 1. The van der Waals surface area contributed by atoms with Crippen molar-refractivity contribution in [3.8, 4) is 0 Å². The quantitative estimate of drug-likeness (QED) is 0.760. The summed E-state index contributed by atoms with van der Waals surface area (Å²) in [5, 5.41) is 4.70. The Morgan fingerprint density at radius 2 is 2.17 bits per heavy atom. The summed E-state index contributed by atoms with van der Waals surface area (Å²) in [5.74, 6) is 0. The topological polar surface area (TPSA) is 26.2 Å². The molecule has 18 heavy (non-hydrogen) atoms. The van der Waals surface area contributed by atoms with Crippen LogP contribution in [0.25, 0.3) is 10.9 Å². The van der Waals surface area contributed by atoms with Gasteiger partial charge in [-0.1, -0.05) is 13.0 Å². The largest absolute Gasteiger partial charge is 0.383 e. The van der Waals surface area contributed by atoms with E-state index in [4.69, 9.17) is 4.74 Å². The molecule has 3 nitrogen and oxygen atoms in total. The van der Waals surface area contributed by atoms with Gasteiger partial charge in [0.2, 0.25) is 0 Å². The highest BCUT2D eigenvalue weighted by Gasteiger charge is 2.01. The van der Waals surface area contributed by atoms with Gasteiger partial charge in [0.25, 0.3) is 0 Å². The summed E-state index contributed by atoms with van der Waals surface area (Å²) in [6.07, 6.45) is 3.35. The number of benzene rings is 1. The molecule has 1 aromatic heterocycles. The Kier molecular flexibility index (Phi) is 4.79. The van der Waals surface area contributed by atoms with Crippen LogP contribution in [-0.4, -0.2) is 24.8 Å². The minimum Gasteiger partial charge on any atom is -0.383 e. The van der Waals surface area contributed by atoms with Crippen LogP contribution in [0.3, 0.4) is 0 Å². The molecule has 2 rings (SSSR count). The first-order chi connectivity index (χ1) is 8.85. The SMILES string of the molecule is CCCn1ccc2cc(CNCCOC)ccc21. The van der Waals surface area contributed by atoms with Gasteiger partial charge in [-0.05, 0) is 35.6 Å². The summed E-state index contributed by atoms with van der Waals surface area (Å²) < 4.78 is 7.33. The van der Waals surface area contributed by atoms with E-state index in [2.05, 4.69) is 47.3 Å². The average Bonchev–Trinajstić information content (AvgIpc) is 2.78. The Morgan fingerprint density at radius 1 is 1.28 bits per heavy atom. The first-order valence-corrected chi connectivity index (χ1v) is 6.62. The summed E-state index contributed by atoms with van der Waals surface area (Å²) in [7, 11) is 1.73. The van der Waals surface area contributed by atoms with E-state index in [1.165, 1.54) is 22.9 Å². The number of hydrogen-bond acceptors (Lipinski definition) is 2. The van der Waals surface area contributed by atoms with E-state index < -0.39 is 0 Å². The van der Waals surface area contributed by atoms with E-state index in [1.807, 2.05) is 0 Å². The van der Waals surface area contributed by atoms with Crippen molar-refractivity contribution >= 4 is 10.9 Å².